The van der Waals surface area contributed by atoms with E-state index in [0.717, 1.165) is 28.1 Å². The summed E-state index contributed by atoms with van der Waals surface area (Å²) in [6, 6.07) is 0. The fourth-order valence-electron chi connectivity index (χ4n) is 5.60. The Morgan fingerprint density at radius 3 is 2.53 bits per heavy atom. The highest BCUT2D eigenvalue weighted by molar-refractivity contribution is 7.47. The molecular weight excluding hydrogens is 601 g/mol. The van der Waals surface area contributed by atoms with Gasteiger partial charge in [0.25, 0.3) is 11.1 Å². The molecule has 0 bridgehead atoms. The van der Waals surface area contributed by atoms with Crippen molar-refractivity contribution >= 4 is 36.1 Å². The van der Waals surface area contributed by atoms with Crippen LogP contribution in [-0.4, -0.2) is 116 Å². The summed E-state index contributed by atoms with van der Waals surface area (Å²) in [5.41, 5.74) is -1.49. The van der Waals surface area contributed by atoms with Crippen LogP contribution >= 0.6 is 7.82 Å². The number of imidazole rings is 2. The molecule has 0 saturated carbocycles. The van der Waals surface area contributed by atoms with E-state index in [4.69, 9.17) is 29.0 Å². The molecule has 7 atom stereocenters. The Kier molecular flexibility index (Phi) is 6.18. The molecular formula is C21H24N9O12P. The second-order valence-corrected chi connectivity index (χ2v) is 11.7. The van der Waals surface area contributed by atoms with Crippen molar-refractivity contribution in [2.45, 2.75) is 35.4 Å². The number of nitrogens with two attached hydrogens (primary N) is 1. The molecule has 3 aliphatic rings. The molecule has 3 saturated heterocycles. The van der Waals surface area contributed by atoms with Crippen LogP contribution in [0.1, 0.15) is 0 Å². The molecule has 3 aliphatic heterocycles. The van der Waals surface area contributed by atoms with Gasteiger partial charge in [-0.25, -0.2) is 19.5 Å². The van der Waals surface area contributed by atoms with Crippen LogP contribution in [0.3, 0.4) is 0 Å². The fraction of sp³-hybridized carbons (Fsp3) is 0.524. The Balaban J connectivity index is 1.16. The fourth-order valence-corrected chi connectivity index (χ4v) is 6.63. The smallest absolute Gasteiger partial charge is 0.393 e. The lowest BCUT2D eigenvalue weighted by Crippen LogP contribution is -2.65. The molecule has 0 radical (unpaired) electrons. The van der Waals surface area contributed by atoms with Crippen LogP contribution in [0.2, 0.25) is 0 Å². The number of H-pyrrole nitrogens is 2. The monoisotopic (exact) mass is 625 g/mol. The number of rotatable bonds is 8. The van der Waals surface area contributed by atoms with Gasteiger partial charge in [0, 0.05) is 0 Å². The lowest BCUT2D eigenvalue weighted by Gasteiger charge is -2.47. The number of aromatic nitrogens is 8. The number of ether oxygens (including phenoxy) is 3. The Labute approximate surface area is 237 Å². The van der Waals surface area contributed by atoms with E-state index >= 15 is 0 Å². The first kappa shape index (κ1) is 28.2. The van der Waals surface area contributed by atoms with Gasteiger partial charge in [0.15, 0.2) is 28.1 Å². The Hall–Kier alpha value is -3.63. The van der Waals surface area contributed by atoms with Crippen molar-refractivity contribution in [2.24, 2.45) is 0 Å². The van der Waals surface area contributed by atoms with Gasteiger partial charge >= 0.3 is 7.82 Å². The average Bonchev–Trinajstić information content (AvgIpc) is 3.68. The predicted molar refractivity (Wildman–Crippen MR) is 137 cm³/mol. The molecule has 0 spiro atoms. The topological polar surface area (TPSA) is 297 Å². The second-order valence-electron chi connectivity index (χ2n) is 10.3. The largest absolute Gasteiger partial charge is 0.474 e. The van der Waals surface area contributed by atoms with E-state index in [9.17, 15) is 34.4 Å². The summed E-state index contributed by atoms with van der Waals surface area (Å²) in [4.78, 5) is 55.9. The third kappa shape index (κ3) is 4.02. The Morgan fingerprint density at radius 1 is 1.09 bits per heavy atom. The van der Waals surface area contributed by atoms with Crippen molar-refractivity contribution in [3.05, 3.63) is 39.7 Å². The number of nitrogen functional groups attached to an aromatic ring is 1. The molecule has 230 valence electrons. The van der Waals surface area contributed by atoms with E-state index in [-0.39, 0.29) is 34.9 Å². The molecule has 4 aromatic heterocycles. The molecule has 7 heterocycles. The highest BCUT2D eigenvalue weighted by atomic mass is 31.2. The van der Waals surface area contributed by atoms with Crippen LogP contribution in [0.4, 0.5) is 5.95 Å². The van der Waals surface area contributed by atoms with Crippen molar-refractivity contribution in [2.75, 3.05) is 38.8 Å². The molecule has 7 rings (SSSR count). The highest BCUT2D eigenvalue weighted by Gasteiger charge is 2.69. The molecule has 0 aliphatic carbocycles. The normalized spacial score (nSPS) is 33.5. The maximum absolute atomic E-state index is 13.4. The van der Waals surface area contributed by atoms with Crippen LogP contribution in [0, 0.1) is 0 Å². The zero-order valence-corrected chi connectivity index (χ0v) is 22.7. The van der Waals surface area contributed by atoms with E-state index in [0.29, 0.717) is 0 Å². The predicted octanol–water partition coefficient (Wildman–Crippen LogP) is -3.81. The molecule has 8 N–H and O–H groups in total. The molecule has 4 aromatic rings. The van der Waals surface area contributed by atoms with Crippen molar-refractivity contribution in [3.63, 3.8) is 0 Å². The van der Waals surface area contributed by atoms with Gasteiger partial charge in [-0.2, -0.15) is 4.98 Å². The zero-order chi connectivity index (χ0) is 30.4. The van der Waals surface area contributed by atoms with Gasteiger partial charge in [-0.15, -0.1) is 0 Å². The first-order valence-electron chi connectivity index (χ1n) is 12.6. The van der Waals surface area contributed by atoms with E-state index in [1.807, 2.05) is 0 Å². The molecule has 43 heavy (non-hydrogen) atoms. The van der Waals surface area contributed by atoms with Crippen LogP contribution in [0.15, 0.2) is 28.6 Å². The molecule has 3 fully saturated rings. The minimum Gasteiger partial charge on any atom is -0.393 e. The van der Waals surface area contributed by atoms with Gasteiger partial charge < -0.3 is 45.1 Å². The van der Waals surface area contributed by atoms with E-state index in [1.165, 1.54) is 0 Å². The number of hydrogen-bond donors (Lipinski definition) is 7. The van der Waals surface area contributed by atoms with Gasteiger partial charge in [0.2, 0.25) is 11.7 Å². The summed E-state index contributed by atoms with van der Waals surface area (Å²) in [6.07, 6.45) is -0.989. The van der Waals surface area contributed by atoms with E-state index < -0.39 is 80.7 Å². The number of phosphoric acid groups is 1. The molecule has 0 aromatic carbocycles. The van der Waals surface area contributed by atoms with Crippen molar-refractivity contribution in [1.82, 2.24) is 39.0 Å². The summed E-state index contributed by atoms with van der Waals surface area (Å²) < 4.78 is 43.3. The number of nitrogens with zero attached hydrogens (tertiary/aromatic N) is 6. The Morgan fingerprint density at radius 2 is 1.84 bits per heavy atom. The van der Waals surface area contributed by atoms with Crippen molar-refractivity contribution in [3.8, 4) is 0 Å². The molecule has 22 heteroatoms. The van der Waals surface area contributed by atoms with Crippen molar-refractivity contribution < 1.29 is 48.0 Å². The van der Waals surface area contributed by atoms with Gasteiger partial charge in [-0.3, -0.25) is 32.8 Å². The number of fused-ring (bicyclic) bond motifs is 3. The average molecular weight is 625 g/mol. The summed E-state index contributed by atoms with van der Waals surface area (Å²) in [6.45, 7) is -2.35. The van der Waals surface area contributed by atoms with Crippen LogP contribution < -0.4 is 16.9 Å². The van der Waals surface area contributed by atoms with Crippen LogP contribution in [0.5, 0.6) is 0 Å². The number of aliphatic hydroxyl groups excluding tert-OH is 2. The third-order valence-electron chi connectivity index (χ3n) is 7.82. The highest BCUT2D eigenvalue weighted by Crippen LogP contribution is 2.57. The van der Waals surface area contributed by atoms with Crippen molar-refractivity contribution in [1.29, 1.82) is 0 Å². The van der Waals surface area contributed by atoms with Crippen LogP contribution in [0.25, 0.3) is 22.3 Å². The second kappa shape index (κ2) is 9.43. The quantitative estimate of drug-likeness (QED) is 0.0923. The molecule has 1 unspecified atom stereocenters. The number of nitrogens with one attached hydrogen (secondary N) is 2. The van der Waals surface area contributed by atoms with Gasteiger partial charge in [-0.1, -0.05) is 0 Å². The first-order valence-corrected chi connectivity index (χ1v) is 14.1. The van der Waals surface area contributed by atoms with Crippen LogP contribution in [-0.2, 0) is 39.3 Å². The summed E-state index contributed by atoms with van der Waals surface area (Å²) in [7, 11) is -5.13. The molecule has 0 amide bonds. The third-order valence-corrected chi connectivity index (χ3v) is 8.84. The van der Waals surface area contributed by atoms with Gasteiger partial charge in [0.1, 0.15) is 23.9 Å². The van der Waals surface area contributed by atoms with Gasteiger partial charge in [-0.05, 0) is 0 Å². The maximum atomic E-state index is 13.4. The summed E-state index contributed by atoms with van der Waals surface area (Å²) >= 11 is 0. The molecule has 21 nitrogen and oxygen atoms in total. The number of aliphatic hydroxyl groups is 3. The van der Waals surface area contributed by atoms with Gasteiger partial charge in [0.05, 0.1) is 52.0 Å². The summed E-state index contributed by atoms with van der Waals surface area (Å²) in [5, 5.41) is 32.2. The standard InChI is InChI=1S/C21H24N9O12P/c22-18-27-14-11(16(34)28-18)26-8-30(14)21(5-40-19(2-31)3-39-17(19)21)42-43(36,37)41-1-9-12(32)20(35,4-38-9)29-7-25-10-13(29)23-6-24-15(10)33/h6-9,12,17,31-32,35H,1-5H2,(H,36,37)(H,23,24,33)(H3,22,27,28,34)/t9-,12-,17-,19+,20+,21+/m1/s1. The summed E-state index contributed by atoms with van der Waals surface area (Å²) in [5.74, 6) is -0.273. The zero-order valence-electron chi connectivity index (χ0n) is 21.8. The lowest BCUT2D eigenvalue weighted by atomic mass is 9.88. The van der Waals surface area contributed by atoms with E-state index in [1.54, 1.807) is 0 Å². The minimum absolute atomic E-state index is 0.0386. The SMILES string of the molecule is Nc1nc2c(ncn2[C@]2(OP(=O)(O)OC[C@H]3OC[C@@](O)(n4cnc5c(=O)[nH]cnc54)[C@@H]3O)CO[C@@]3(CO)CO[C@H]32)c(=O)[nH]1. The lowest BCUT2D eigenvalue weighted by molar-refractivity contribution is -0.259. The minimum atomic E-state index is -5.13. The maximum Gasteiger partial charge on any atom is 0.474 e. The number of aromatic amines is 2. The van der Waals surface area contributed by atoms with E-state index in [2.05, 4.69) is 29.9 Å². The number of anilines is 1. The number of hydrogen-bond acceptors (Lipinski definition) is 16. The Bertz CT molecular complexity index is 1910. The first-order chi connectivity index (χ1) is 20.4. The number of phosphoric ester groups is 1.